The minimum absolute atomic E-state index is 0.723. The molecule has 0 heterocycles. The third-order valence-electron chi connectivity index (χ3n) is 2.31. The van der Waals surface area contributed by atoms with E-state index in [4.69, 9.17) is 4.74 Å². The van der Waals surface area contributed by atoms with Gasteiger partial charge in [-0.1, -0.05) is 68.5 Å². The Hall–Kier alpha value is 0.690. The minimum atomic E-state index is 0.723. The van der Waals surface area contributed by atoms with Crippen LogP contribution in [0.1, 0.15) is 58.8 Å². The van der Waals surface area contributed by atoms with Gasteiger partial charge in [-0.05, 0) is 12.8 Å². The normalized spacial score (nSPS) is 13.1. The molecule has 0 amide bonds. The molecule has 0 rings (SSSR count). The molecule has 0 aromatic rings. The number of halogens is 1. The molecule has 1 nitrogen and oxygen atoms in total. The van der Waals surface area contributed by atoms with Crippen molar-refractivity contribution in [1.29, 1.82) is 0 Å². The van der Waals surface area contributed by atoms with Crippen molar-refractivity contribution in [2.45, 2.75) is 62.7 Å². The van der Waals surface area contributed by atoms with Gasteiger partial charge in [-0.3, -0.25) is 0 Å². The van der Waals surface area contributed by atoms with Crippen LogP contribution in [0, 0.1) is 0 Å². The Kier molecular flexibility index (Phi) is 12.3. The van der Waals surface area contributed by atoms with Crippen LogP contribution >= 0.6 is 22.6 Å². The smallest absolute Gasteiger partial charge is 0.0583 e. The quantitative estimate of drug-likeness (QED) is 0.326. The summed E-state index contributed by atoms with van der Waals surface area (Å²) in [5.74, 6) is 0. The Morgan fingerprint density at radius 3 is 2.29 bits per heavy atom. The van der Waals surface area contributed by atoms with Crippen LogP contribution in [0.3, 0.4) is 0 Å². The largest absolute Gasteiger partial charge is 0.380 e. The van der Waals surface area contributed by atoms with Crippen molar-refractivity contribution >= 4 is 22.6 Å². The van der Waals surface area contributed by atoms with E-state index in [1.165, 1.54) is 44.9 Å². The van der Waals surface area contributed by atoms with Gasteiger partial charge in [0.25, 0.3) is 0 Å². The van der Waals surface area contributed by atoms with Crippen molar-refractivity contribution in [2.75, 3.05) is 13.2 Å². The number of rotatable bonds is 10. The van der Waals surface area contributed by atoms with Crippen molar-refractivity contribution < 1.29 is 4.74 Å². The highest BCUT2D eigenvalue weighted by atomic mass is 127. The van der Waals surface area contributed by atoms with Crippen molar-refractivity contribution in [1.82, 2.24) is 0 Å². The van der Waals surface area contributed by atoms with E-state index in [9.17, 15) is 0 Å². The van der Waals surface area contributed by atoms with Crippen molar-refractivity contribution in [3.8, 4) is 0 Å². The number of unbranched alkanes of at least 4 members (excludes halogenated alkanes) is 4. The van der Waals surface area contributed by atoms with Gasteiger partial charge in [0.15, 0.2) is 0 Å². The van der Waals surface area contributed by atoms with E-state index < -0.39 is 0 Å². The average molecular weight is 312 g/mol. The van der Waals surface area contributed by atoms with Crippen LogP contribution < -0.4 is 0 Å². The lowest BCUT2D eigenvalue weighted by molar-refractivity contribution is 0.132. The first kappa shape index (κ1) is 14.7. The van der Waals surface area contributed by atoms with Crippen LogP contribution in [-0.4, -0.2) is 17.1 Å². The monoisotopic (exact) mass is 312 g/mol. The summed E-state index contributed by atoms with van der Waals surface area (Å²) >= 11 is 2.52. The first-order valence-corrected chi connectivity index (χ1v) is 7.27. The minimum Gasteiger partial charge on any atom is -0.380 e. The summed E-state index contributed by atoms with van der Waals surface area (Å²) in [5, 5.41) is 0. The second kappa shape index (κ2) is 11.8. The van der Waals surface area contributed by atoms with Gasteiger partial charge >= 0.3 is 0 Å². The Morgan fingerprint density at radius 2 is 1.64 bits per heavy atom. The summed E-state index contributed by atoms with van der Waals surface area (Å²) in [4.78, 5) is 0. The third kappa shape index (κ3) is 10.8. The lowest BCUT2D eigenvalue weighted by atomic mass is 10.2. The first-order chi connectivity index (χ1) is 6.81. The van der Waals surface area contributed by atoms with Crippen LogP contribution in [-0.2, 0) is 4.74 Å². The molecule has 0 aliphatic rings. The topological polar surface area (TPSA) is 9.23 Å². The van der Waals surface area contributed by atoms with E-state index in [1.807, 2.05) is 0 Å². The maximum absolute atomic E-state index is 5.62. The standard InChI is InChI=1S/C12H25IO/c1-3-5-7-9-12(13)11-14-10-8-6-4-2/h12H,3-11H2,1-2H3. The number of hydrogen-bond acceptors (Lipinski definition) is 1. The first-order valence-electron chi connectivity index (χ1n) is 6.03. The maximum Gasteiger partial charge on any atom is 0.0583 e. The molecule has 0 spiro atoms. The molecule has 0 aliphatic heterocycles. The third-order valence-corrected chi connectivity index (χ3v) is 3.29. The van der Waals surface area contributed by atoms with E-state index in [0.29, 0.717) is 0 Å². The number of hydrogen-bond donors (Lipinski definition) is 0. The molecule has 1 atom stereocenters. The fourth-order valence-corrected chi connectivity index (χ4v) is 2.06. The molecule has 0 aromatic carbocycles. The van der Waals surface area contributed by atoms with Gasteiger partial charge in [-0.15, -0.1) is 0 Å². The molecule has 0 saturated carbocycles. The van der Waals surface area contributed by atoms with Gasteiger partial charge in [0.2, 0.25) is 0 Å². The van der Waals surface area contributed by atoms with Crippen LogP contribution in [0.5, 0.6) is 0 Å². The number of ether oxygens (including phenoxy) is 1. The highest BCUT2D eigenvalue weighted by Gasteiger charge is 2.02. The summed E-state index contributed by atoms with van der Waals surface area (Å²) in [6.07, 6.45) is 9.20. The van der Waals surface area contributed by atoms with Gasteiger partial charge in [0, 0.05) is 10.5 Å². The average Bonchev–Trinajstić information content (AvgIpc) is 2.18. The summed E-state index contributed by atoms with van der Waals surface area (Å²) in [6.45, 7) is 6.39. The summed E-state index contributed by atoms with van der Waals surface area (Å²) in [6, 6.07) is 0. The molecule has 0 saturated heterocycles. The van der Waals surface area contributed by atoms with Gasteiger partial charge in [0.05, 0.1) is 6.61 Å². The second-order valence-electron chi connectivity index (χ2n) is 3.88. The lowest BCUT2D eigenvalue weighted by Gasteiger charge is -2.09. The van der Waals surface area contributed by atoms with Gasteiger partial charge in [0.1, 0.15) is 0 Å². The highest BCUT2D eigenvalue weighted by Crippen LogP contribution is 2.12. The van der Waals surface area contributed by atoms with E-state index in [1.54, 1.807) is 0 Å². The van der Waals surface area contributed by atoms with E-state index in [0.717, 1.165) is 17.1 Å². The molecule has 0 fully saturated rings. The Bertz CT molecular complexity index is 106. The van der Waals surface area contributed by atoms with Crippen LogP contribution in [0.4, 0.5) is 0 Å². The van der Waals surface area contributed by atoms with E-state index in [2.05, 4.69) is 36.4 Å². The lowest BCUT2D eigenvalue weighted by Crippen LogP contribution is -2.09. The molecular weight excluding hydrogens is 287 g/mol. The van der Waals surface area contributed by atoms with Crippen molar-refractivity contribution in [3.05, 3.63) is 0 Å². The molecule has 0 aromatic heterocycles. The second-order valence-corrected chi connectivity index (χ2v) is 5.64. The zero-order valence-corrected chi connectivity index (χ0v) is 11.9. The van der Waals surface area contributed by atoms with Crippen molar-refractivity contribution in [2.24, 2.45) is 0 Å². The Labute approximate surface area is 103 Å². The van der Waals surface area contributed by atoms with Crippen LogP contribution in [0.2, 0.25) is 0 Å². The zero-order valence-electron chi connectivity index (χ0n) is 9.73. The Morgan fingerprint density at radius 1 is 1.00 bits per heavy atom. The fourth-order valence-electron chi connectivity index (χ4n) is 1.36. The number of alkyl halides is 1. The van der Waals surface area contributed by atoms with Gasteiger partial charge in [-0.25, -0.2) is 0 Å². The molecule has 0 N–H and O–H groups in total. The van der Waals surface area contributed by atoms with Gasteiger partial charge < -0.3 is 4.74 Å². The molecule has 0 aliphatic carbocycles. The highest BCUT2D eigenvalue weighted by molar-refractivity contribution is 14.1. The van der Waals surface area contributed by atoms with Crippen LogP contribution in [0.15, 0.2) is 0 Å². The summed E-state index contributed by atoms with van der Waals surface area (Å²) < 4.78 is 6.34. The van der Waals surface area contributed by atoms with E-state index >= 15 is 0 Å². The zero-order chi connectivity index (χ0) is 10.6. The fraction of sp³-hybridized carbons (Fsp3) is 1.00. The van der Waals surface area contributed by atoms with E-state index in [-0.39, 0.29) is 0 Å². The molecule has 86 valence electrons. The van der Waals surface area contributed by atoms with Crippen LogP contribution in [0.25, 0.3) is 0 Å². The SMILES string of the molecule is CCCCCOCC(I)CCCCC. The predicted octanol–water partition coefficient (Wildman–Crippen LogP) is 4.58. The maximum atomic E-state index is 5.62. The predicted molar refractivity (Wildman–Crippen MR) is 72.3 cm³/mol. The molecule has 0 bridgehead atoms. The van der Waals surface area contributed by atoms with Crippen molar-refractivity contribution in [3.63, 3.8) is 0 Å². The molecule has 1 unspecified atom stereocenters. The van der Waals surface area contributed by atoms with Gasteiger partial charge in [-0.2, -0.15) is 0 Å². The molecule has 0 radical (unpaired) electrons. The Balaban J connectivity index is 3.06. The molecular formula is C12H25IO. The molecule has 2 heteroatoms. The molecule has 14 heavy (non-hydrogen) atoms. The summed E-state index contributed by atoms with van der Waals surface area (Å²) in [7, 11) is 0. The summed E-state index contributed by atoms with van der Waals surface area (Å²) in [5.41, 5.74) is 0.